The zero-order chi connectivity index (χ0) is 20.2. The minimum absolute atomic E-state index is 0.00762. The van der Waals surface area contributed by atoms with Crippen molar-refractivity contribution in [1.29, 1.82) is 5.26 Å². The van der Waals surface area contributed by atoms with Crippen LogP contribution >= 0.6 is 23.4 Å². The minimum Gasteiger partial charge on any atom is -0.349 e. The summed E-state index contributed by atoms with van der Waals surface area (Å²) in [6.07, 6.45) is -3.04. The fourth-order valence-corrected chi connectivity index (χ4v) is 4.37. The van der Waals surface area contributed by atoms with E-state index in [-0.39, 0.29) is 15.6 Å². The van der Waals surface area contributed by atoms with Gasteiger partial charge >= 0.3 is 6.18 Å². The Hall–Kier alpha value is -2.15. The Morgan fingerprint density at radius 2 is 1.81 bits per heavy atom. The average Bonchev–Trinajstić information content (AvgIpc) is 2.61. The number of halogens is 4. The molecule has 0 aliphatic rings. The highest BCUT2D eigenvalue weighted by Crippen LogP contribution is 2.33. The van der Waals surface area contributed by atoms with Crippen LogP contribution in [0.1, 0.15) is 5.56 Å². The van der Waals surface area contributed by atoms with E-state index in [1.165, 1.54) is 42.7 Å². The Morgan fingerprint density at radius 3 is 2.33 bits per heavy atom. The third-order valence-corrected chi connectivity index (χ3v) is 6.17. The molecule has 1 N–H and O–H groups in total. The lowest BCUT2D eigenvalue weighted by Crippen LogP contribution is -2.10. The summed E-state index contributed by atoms with van der Waals surface area (Å²) < 4.78 is 64.0. The van der Waals surface area contributed by atoms with Gasteiger partial charge in [-0.25, -0.2) is 8.42 Å². The number of anilines is 1. The second-order valence-corrected chi connectivity index (χ2v) is 8.27. The van der Waals surface area contributed by atoms with Crippen LogP contribution in [0.3, 0.4) is 0 Å². The molecule has 27 heavy (non-hydrogen) atoms. The van der Waals surface area contributed by atoms with Crippen molar-refractivity contribution in [3.8, 4) is 6.07 Å². The molecular weight excluding hydrogens is 421 g/mol. The molecule has 0 amide bonds. The molecule has 0 aliphatic heterocycles. The van der Waals surface area contributed by atoms with Crippen LogP contribution in [-0.4, -0.2) is 14.7 Å². The Labute approximate surface area is 163 Å². The first-order valence-electron chi connectivity index (χ1n) is 7.23. The Bertz CT molecular complexity index is 1010. The molecule has 0 heterocycles. The van der Waals surface area contributed by atoms with Crippen molar-refractivity contribution in [2.45, 2.75) is 11.1 Å². The maximum Gasteiger partial charge on any atom is 0.416 e. The maximum absolute atomic E-state index is 12.9. The molecule has 10 heteroatoms. The van der Waals surface area contributed by atoms with Gasteiger partial charge in [-0.05, 0) is 48.7 Å². The standard InChI is InChI=1S/C17H12ClF3N2O2S2/c1-26-16(23-13-4-2-3-11(9-13)17(19,20)21)15(10-22)27(24,25)14-7-5-12(18)6-8-14/h2-9,23H,1H3. The summed E-state index contributed by atoms with van der Waals surface area (Å²) in [4.78, 5) is -0.754. The first-order valence-corrected chi connectivity index (χ1v) is 10.3. The molecule has 0 saturated carbocycles. The topological polar surface area (TPSA) is 70.0 Å². The molecular formula is C17H12ClF3N2O2S2. The van der Waals surface area contributed by atoms with Gasteiger partial charge in [-0.3, -0.25) is 0 Å². The van der Waals surface area contributed by atoms with E-state index >= 15 is 0 Å². The van der Waals surface area contributed by atoms with Crippen LogP contribution in [0, 0.1) is 11.3 Å². The summed E-state index contributed by atoms with van der Waals surface area (Å²) in [7, 11) is -4.18. The number of allylic oxidation sites excluding steroid dienone is 1. The van der Waals surface area contributed by atoms with Crippen molar-refractivity contribution in [3.63, 3.8) is 0 Å². The summed E-state index contributed by atoms with van der Waals surface area (Å²) in [5, 5.41) is 12.2. The maximum atomic E-state index is 12.9. The molecule has 2 aromatic rings. The number of nitriles is 1. The van der Waals surface area contributed by atoms with E-state index in [1.807, 2.05) is 0 Å². The molecule has 2 aromatic carbocycles. The van der Waals surface area contributed by atoms with Gasteiger partial charge in [-0.15, -0.1) is 11.8 Å². The molecule has 0 bridgehead atoms. The van der Waals surface area contributed by atoms with Crippen LogP contribution in [0.2, 0.25) is 5.02 Å². The zero-order valence-corrected chi connectivity index (χ0v) is 16.1. The summed E-state index contributed by atoms with van der Waals surface area (Å²) in [5.74, 6) is 0. The van der Waals surface area contributed by atoms with Gasteiger partial charge in [0, 0.05) is 10.7 Å². The second-order valence-electron chi connectivity index (χ2n) is 5.14. The zero-order valence-electron chi connectivity index (χ0n) is 13.7. The molecule has 0 spiro atoms. The lowest BCUT2D eigenvalue weighted by Gasteiger charge is -2.14. The van der Waals surface area contributed by atoms with Crippen LogP contribution in [0.25, 0.3) is 0 Å². The minimum atomic E-state index is -4.55. The highest BCUT2D eigenvalue weighted by Gasteiger charge is 2.31. The fraction of sp³-hybridized carbons (Fsp3) is 0.118. The van der Waals surface area contributed by atoms with Crippen LogP contribution in [0.15, 0.2) is 63.4 Å². The van der Waals surface area contributed by atoms with E-state index in [9.17, 15) is 26.9 Å². The van der Waals surface area contributed by atoms with Gasteiger partial charge in [0.1, 0.15) is 11.1 Å². The molecule has 0 saturated heterocycles. The summed E-state index contributed by atoms with van der Waals surface area (Å²) in [6, 6.07) is 11.1. The van der Waals surface area contributed by atoms with E-state index in [0.29, 0.717) is 5.02 Å². The van der Waals surface area contributed by atoms with Crippen molar-refractivity contribution < 1.29 is 21.6 Å². The third kappa shape index (κ3) is 4.97. The number of hydrogen-bond acceptors (Lipinski definition) is 5. The van der Waals surface area contributed by atoms with Gasteiger partial charge in [0.15, 0.2) is 4.91 Å². The number of rotatable bonds is 5. The van der Waals surface area contributed by atoms with Crippen LogP contribution in [0.4, 0.5) is 18.9 Å². The fourth-order valence-electron chi connectivity index (χ4n) is 2.07. The van der Waals surface area contributed by atoms with E-state index < -0.39 is 26.5 Å². The molecule has 0 fully saturated rings. The van der Waals surface area contributed by atoms with Crippen LogP contribution in [-0.2, 0) is 16.0 Å². The van der Waals surface area contributed by atoms with Crippen LogP contribution < -0.4 is 5.32 Å². The number of alkyl halides is 3. The number of thioether (sulfide) groups is 1. The Balaban J connectivity index is 2.50. The van der Waals surface area contributed by atoms with Crippen molar-refractivity contribution in [2.75, 3.05) is 11.6 Å². The highest BCUT2D eigenvalue weighted by atomic mass is 35.5. The number of nitrogens with zero attached hydrogens (tertiary/aromatic N) is 1. The van der Waals surface area contributed by atoms with Crippen molar-refractivity contribution >= 4 is 38.9 Å². The average molecular weight is 433 g/mol. The lowest BCUT2D eigenvalue weighted by atomic mass is 10.2. The van der Waals surface area contributed by atoms with Crippen molar-refractivity contribution in [3.05, 3.63) is 69.1 Å². The molecule has 0 radical (unpaired) electrons. The number of nitrogens with one attached hydrogen (secondary N) is 1. The first kappa shape index (κ1) is 21.2. The monoisotopic (exact) mass is 432 g/mol. The van der Waals surface area contributed by atoms with E-state index in [1.54, 1.807) is 6.07 Å². The van der Waals surface area contributed by atoms with Gasteiger partial charge in [0.05, 0.1) is 10.5 Å². The molecule has 4 nitrogen and oxygen atoms in total. The Morgan fingerprint density at radius 1 is 1.19 bits per heavy atom. The molecule has 0 aromatic heterocycles. The Kier molecular flexibility index (Phi) is 6.46. The number of benzene rings is 2. The summed E-state index contributed by atoms with van der Waals surface area (Å²) >= 11 is 6.64. The number of hydrogen-bond donors (Lipinski definition) is 1. The van der Waals surface area contributed by atoms with Gasteiger partial charge in [0.2, 0.25) is 9.84 Å². The quantitative estimate of drug-likeness (QED) is 0.649. The van der Waals surface area contributed by atoms with Gasteiger partial charge in [-0.2, -0.15) is 18.4 Å². The third-order valence-electron chi connectivity index (χ3n) is 3.35. The lowest BCUT2D eigenvalue weighted by molar-refractivity contribution is -0.137. The van der Waals surface area contributed by atoms with Gasteiger partial charge < -0.3 is 5.32 Å². The second kappa shape index (κ2) is 8.25. The van der Waals surface area contributed by atoms with Crippen LogP contribution in [0.5, 0.6) is 0 Å². The number of sulfone groups is 1. The van der Waals surface area contributed by atoms with Crippen molar-refractivity contribution in [2.24, 2.45) is 0 Å². The van der Waals surface area contributed by atoms with Gasteiger partial charge in [-0.1, -0.05) is 17.7 Å². The smallest absolute Gasteiger partial charge is 0.349 e. The summed E-state index contributed by atoms with van der Waals surface area (Å²) in [5.41, 5.74) is -0.889. The highest BCUT2D eigenvalue weighted by molar-refractivity contribution is 8.04. The molecule has 0 aliphatic carbocycles. The molecule has 0 unspecified atom stereocenters. The van der Waals surface area contributed by atoms with E-state index in [2.05, 4.69) is 5.32 Å². The summed E-state index contributed by atoms with van der Waals surface area (Å²) in [6.45, 7) is 0. The van der Waals surface area contributed by atoms with Gasteiger partial charge in [0.25, 0.3) is 0 Å². The predicted molar refractivity (Wildman–Crippen MR) is 99.9 cm³/mol. The SMILES string of the molecule is CSC(Nc1cccc(C(F)(F)F)c1)=C(C#N)S(=O)(=O)c1ccc(Cl)cc1. The predicted octanol–water partition coefficient (Wildman–Crippen LogP) is 5.30. The van der Waals surface area contributed by atoms with E-state index in [0.717, 1.165) is 23.9 Å². The van der Waals surface area contributed by atoms with Crippen molar-refractivity contribution in [1.82, 2.24) is 0 Å². The first-order chi connectivity index (χ1) is 12.6. The molecule has 2 rings (SSSR count). The normalized spacial score (nSPS) is 12.9. The van der Waals surface area contributed by atoms with E-state index in [4.69, 9.17) is 11.6 Å². The molecule has 0 atom stereocenters. The molecule has 142 valence electrons. The largest absolute Gasteiger partial charge is 0.416 e.